The average Bonchev–Trinajstić information content (AvgIpc) is 2.89. The molecule has 0 bridgehead atoms. The van der Waals surface area contributed by atoms with Gasteiger partial charge in [-0.1, -0.05) is 18.2 Å². The van der Waals surface area contributed by atoms with Gasteiger partial charge in [-0.2, -0.15) is 0 Å². The summed E-state index contributed by atoms with van der Waals surface area (Å²) in [7, 11) is 0. The summed E-state index contributed by atoms with van der Waals surface area (Å²) in [5.74, 6) is 1.15. The molecular formula is C13H16O. The fourth-order valence-electron chi connectivity index (χ4n) is 2.01. The number of aryl methyl sites for hydroxylation is 2. The minimum atomic E-state index is 0.303. The third-order valence-corrected chi connectivity index (χ3v) is 3.27. The molecule has 0 aromatic heterocycles. The first kappa shape index (κ1) is 9.45. The Balaban J connectivity index is 2.20. The van der Waals surface area contributed by atoms with E-state index in [9.17, 15) is 4.79 Å². The van der Waals surface area contributed by atoms with E-state index in [1.54, 1.807) is 6.92 Å². The van der Waals surface area contributed by atoms with Crippen LogP contribution in [-0.4, -0.2) is 5.78 Å². The van der Waals surface area contributed by atoms with Crippen molar-refractivity contribution in [1.29, 1.82) is 0 Å². The van der Waals surface area contributed by atoms with Crippen molar-refractivity contribution < 1.29 is 4.79 Å². The molecule has 1 nitrogen and oxygen atoms in total. The highest BCUT2D eigenvalue weighted by Gasteiger charge is 2.41. The molecule has 1 aromatic carbocycles. The highest BCUT2D eigenvalue weighted by atomic mass is 16.1. The van der Waals surface area contributed by atoms with E-state index in [1.807, 2.05) is 0 Å². The lowest BCUT2D eigenvalue weighted by atomic mass is 10.0. The summed E-state index contributed by atoms with van der Waals surface area (Å²) in [6, 6.07) is 6.54. The minimum absolute atomic E-state index is 0.303. The Morgan fingerprint density at radius 1 is 1.29 bits per heavy atom. The molecule has 0 spiro atoms. The largest absolute Gasteiger partial charge is 0.300 e. The van der Waals surface area contributed by atoms with Crippen molar-refractivity contribution in [3.8, 4) is 0 Å². The molecule has 74 valence electrons. The predicted octanol–water partition coefficient (Wildman–Crippen LogP) is 3.00. The summed E-state index contributed by atoms with van der Waals surface area (Å²) >= 11 is 0. The topological polar surface area (TPSA) is 17.1 Å². The Kier molecular flexibility index (Phi) is 2.18. The SMILES string of the molecule is CC(=O)[C@H]1C[C@@H]1c1ccc(C)c(C)c1. The summed E-state index contributed by atoms with van der Waals surface area (Å²) < 4.78 is 0. The molecule has 1 saturated carbocycles. The third-order valence-electron chi connectivity index (χ3n) is 3.27. The molecular weight excluding hydrogens is 172 g/mol. The van der Waals surface area contributed by atoms with E-state index in [2.05, 4.69) is 32.0 Å². The van der Waals surface area contributed by atoms with Crippen molar-refractivity contribution >= 4 is 5.78 Å². The minimum Gasteiger partial charge on any atom is -0.300 e. The molecule has 0 amide bonds. The lowest BCUT2D eigenvalue weighted by molar-refractivity contribution is -0.118. The molecule has 1 aromatic rings. The van der Waals surface area contributed by atoms with Gasteiger partial charge in [0, 0.05) is 5.92 Å². The summed E-state index contributed by atoms with van der Waals surface area (Å²) in [5.41, 5.74) is 4.00. The van der Waals surface area contributed by atoms with Crippen molar-refractivity contribution in [1.82, 2.24) is 0 Å². The first-order chi connectivity index (χ1) is 6.59. The van der Waals surface area contributed by atoms with Crippen LogP contribution in [0.3, 0.4) is 0 Å². The smallest absolute Gasteiger partial charge is 0.133 e. The van der Waals surface area contributed by atoms with Gasteiger partial charge in [0.05, 0.1) is 0 Å². The molecule has 0 aliphatic heterocycles. The first-order valence-corrected chi connectivity index (χ1v) is 5.17. The molecule has 1 aliphatic rings. The van der Waals surface area contributed by atoms with Crippen LogP contribution in [0.1, 0.15) is 36.0 Å². The van der Waals surface area contributed by atoms with E-state index in [0.29, 0.717) is 17.6 Å². The molecule has 1 heteroatoms. The van der Waals surface area contributed by atoms with Gasteiger partial charge < -0.3 is 0 Å². The molecule has 0 N–H and O–H groups in total. The van der Waals surface area contributed by atoms with Crippen LogP contribution in [0.25, 0.3) is 0 Å². The number of carbonyl (C=O) groups is 1. The fourth-order valence-corrected chi connectivity index (χ4v) is 2.01. The molecule has 0 saturated heterocycles. The van der Waals surface area contributed by atoms with Gasteiger partial charge in [-0.15, -0.1) is 0 Å². The summed E-state index contributed by atoms with van der Waals surface area (Å²) in [4.78, 5) is 11.1. The summed E-state index contributed by atoms with van der Waals surface area (Å²) in [6.07, 6.45) is 1.05. The summed E-state index contributed by atoms with van der Waals surface area (Å²) in [6.45, 7) is 5.95. The molecule has 1 aliphatic carbocycles. The Bertz CT molecular complexity index is 379. The van der Waals surface area contributed by atoms with E-state index in [4.69, 9.17) is 0 Å². The van der Waals surface area contributed by atoms with Gasteiger partial charge in [-0.05, 0) is 49.8 Å². The van der Waals surface area contributed by atoms with E-state index < -0.39 is 0 Å². The van der Waals surface area contributed by atoms with E-state index in [0.717, 1.165) is 6.42 Å². The maximum atomic E-state index is 11.1. The zero-order valence-electron chi connectivity index (χ0n) is 9.00. The van der Waals surface area contributed by atoms with Gasteiger partial charge >= 0.3 is 0 Å². The van der Waals surface area contributed by atoms with Crippen LogP contribution in [0.2, 0.25) is 0 Å². The number of benzene rings is 1. The zero-order chi connectivity index (χ0) is 10.3. The molecule has 0 heterocycles. The van der Waals surface area contributed by atoms with Gasteiger partial charge in [0.2, 0.25) is 0 Å². The lowest BCUT2D eigenvalue weighted by Gasteiger charge is -2.03. The van der Waals surface area contributed by atoms with Crippen LogP contribution < -0.4 is 0 Å². The maximum absolute atomic E-state index is 11.1. The van der Waals surface area contributed by atoms with Crippen molar-refractivity contribution in [3.05, 3.63) is 34.9 Å². The highest BCUT2D eigenvalue weighted by molar-refractivity contribution is 5.82. The van der Waals surface area contributed by atoms with Gasteiger partial charge in [0.15, 0.2) is 0 Å². The number of ketones is 1. The number of hydrogen-bond donors (Lipinski definition) is 0. The first-order valence-electron chi connectivity index (χ1n) is 5.17. The Morgan fingerprint density at radius 2 is 2.00 bits per heavy atom. The Morgan fingerprint density at radius 3 is 2.50 bits per heavy atom. The monoisotopic (exact) mass is 188 g/mol. The Labute approximate surface area is 85.1 Å². The molecule has 1 fully saturated rings. The van der Waals surface area contributed by atoms with Crippen LogP contribution in [0.5, 0.6) is 0 Å². The average molecular weight is 188 g/mol. The second kappa shape index (κ2) is 3.23. The molecule has 14 heavy (non-hydrogen) atoms. The third kappa shape index (κ3) is 1.59. The standard InChI is InChI=1S/C13H16O/c1-8-4-5-11(6-9(8)2)13-7-12(13)10(3)14/h4-6,12-13H,7H2,1-3H3/t12-,13-/m1/s1. The van der Waals surface area contributed by atoms with Crippen LogP contribution in [0.4, 0.5) is 0 Å². The van der Waals surface area contributed by atoms with Crippen molar-refractivity contribution in [3.63, 3.8) is 0 Å². The number of hydrogen-bond acceptors (Lipinski definition) is 1. The highest BCUT2D eigenvalue weighted by Crippen LogP contribution is 2.48. The lowest BCUT2D eigenvalue weighted by Crippen LogP contribution is -1.95. The predicted molar refractivity (Wildman–Crippen MR) is 57.4 cm³/mol. The van der Waals surface area contributed by atoms with Gasteiger partial charge in [-0.3, -0.25) is 4.79 Å². The summed E-state index contributed by atoms with van der Waals surface area (Å²) in [5, 5.41) is 0. The van der Waals surface area contributed by atoms with Crippen molar-refractivity contribution in [2.75, 3.05) is 0 Å². The molecule has 2 atom stereocenters. The van der Waals surface area contributed by atoms with E-state index in [1.165, 1.54) is 16.7 Å². The van der Waals surface area contributed by atoms with Crippen molar-refractivity contribution in [2.45, 2.75) is 33.1 Å². The maximum Gasteiger partial charge on any atom is 0.133 e. The number of Topliss-reactive ketones (excluding diaryl/α,β-unsaturated/α-hetero) is 1. The van der Waals surface area contributed by atoms with Crippen LogP contribution in [0.15, 0.2) is 18.2 Å². The van der Waals surface area contributed by atoms with Crippen LogP contribution in [0, 0.1) is 19.8 Å². The quantitative estimate of drug-likeness (QED) is 0.697. The number of rotatable bonds is 2. The van der Waals surface area contributed by atoms with Crippen LogP contribution in [-0.2, 0) is 4.79 Å². The molecule has 0 unspecified atom stereocenters. The zero-order valence-corrected chi connectivity index (χ0v) is 9.00. The molecule has 2 rings (SSSR count). The fraction of sp³-hybridized carbons (Fsp3) is 0.462. The normalized spacial score (nSPS) is 24.8. The van der Waals surface area contributed by atoms with Crippen LogP contribution >= 0.6 is 0 Å². The van der Waals surface area contributed by atoms with E-state index >= 15 is 0 Å². The van der Waals surface area contributed by atoms with E-state index in [-0.39, 0.29) is 0 Å². The second-order valence-corrected chi connectivity index (χ2v) is 4.40. The van der Waals surface area contributed by atoms with Crippen molar-refractivity contribution in [2.24, 2.45) is 5.92 Å². The number of carbonyl (C=O) groups excluding carboxylic acids is 1. The van der Waals surface area contributed by atoms with Gasteiger partial charge in [0.1, 0.15) is 5.78 Å². The molecule has 0 radical (unpaired) electrons. The Hall–Kier alpha value is -1.11. The van der Waals surface area contributed by atoms with Gasteiger partial charge in [-0.25, -0.2) is 0 Å². The van der Waals surface area contributed by atoms with Gasteiger partial charge in [0.25, 0.3) is 0 Å². The second-order valence-electron chi connectivity index (χ2n) is 4.40.